The Morgan fingerprint density at radius 1 is 1.40 bits per heavy atom. The molecule has 1 aromatic rings. The zero-order valence-electron chi connectivity index (χ0n) is 11.0. The van der Waals surface area contributed by atoms with Gasteiger partial charge in [0.2, 0.25) is 15.0 Å². The second kappa shape index (κ2) is 7.31. The second-order valence-corrected chi connectivity index (χ2v) is 6.37. The van der Waals surface area contributed by atoms with Crippen LogP contribution in [-0.4, -0.2) is 51.2 Å². The molecule has 2 N–H and O–H groups in total. The highest BCUT2D eigenvalue weighted by Crippen LogP contribution is 2.10. The fraction of sp³-hybridized carbons (Fsp3) is 0.500. The van der Waals surface area contributed by atoms with E-state index in [9.17, 15) is 18.0 Å². The van der Waals surface area contributed by atoms with Gasteiger partial charge in [-0.25, -0.2) is 22.9 Å². The molecule has 1 heterocycles. The van der Waals surface area contributed by atoms with Crippen molar-refractivity contribution in [2.45, 2.75) is 6.92 Å². The molecule has 1 rings (SSSR count). The van der Waals surface area contributed by atoms with Crippen molar-refractivity contribution in [1.82, 2.24) is 15.0 Å². The minimum Gasteiger partial charge on any atom is -0.461 e. The Hall–Kier alpha value is -1.52. The van der Waals surface area contributed by atoms with E-state index in [2.05, 4.69) is 15.0 Å². The first-order valence-electron chi connectivity index (χ1n) is 5.69. The van der Waals surface area contributed by atoms with Crippen LogP contribution in [0.4, 0.5) is 0 Å². The second-order valence-electron chi connectivity index (χ2n) is 3.68. The molecule has 20 heavy (non-hydrogen) atoms. The summed E-state index contributed by atoms with van der Waals surface area (Å²) in [7, 11) is -3.28. The third-order valence-electron chi connectivity index (χ3n) is 1.96. The van der Waals surface area contributed by atoms with E-state index in [4.69, 9.17) is 4.74 Å². The third kappa shape index (κ3) is 5.63. The van der Waals surface area contributed by atoms with Crippen LogP contribution in [0.1, 0.15) is 27.2 Å². The minimum absolute atomic E-state index is 0.0828. The van der Waals surface area contributed by atoms with Crippen molar-refractivity contribution in [2.75, 3.05) is 26.0 Å². The van der Waals surface area contributed by atoms with Crippen molar-refractivity contribution in [1.29, 1.82) is 0 Å². The van der Waals surface area contributed by atoms with Crippen LogP contribution in [0, 0.1) is 0 Å². The van der Waals surface area contributed by atoms with Gasteiger partial charge in [-0.15, -0.1) is 11.3 Å². The van der Waals surface area contributed by atoms with Gasteiger partial charge in [-0.2, -0.15) is 0 Å². The van der Waals surface area contributed by atoms with Gasteiger partial charge in [-0.3, -0.25) is 4.79 Å². The van der Waals surface area contributed by atoms with Crippen LogP contribution in [0.5, 0.6) is 0 Å². The number of ether oxygens (including phenoxy) is 1. The maximum Gasteiger partial charge on any atom is 0.367 e. The predicted molar refractivity (Wildman–Crippen MR) is 73.3 cm³/mol. The topological polar surface area (TPSA) is 114 Å². The zero-order chi connectivity index (χ0) is 15.2. The van der Waals surface area contributed by atoms with Gasteiger partial charge in [-0.05, 0) is 6.92 Å². The minimum atomic E-state index is -3.28. The van der Waals surface area contributed by atoms with E-state index < -0.39 is 21.9 Å². The molecule has 112 valence electrons. The molecule has 0 saturated heterocycles. The summed E-state index contributed by atoms with van der Waals surface area (Å²) in [5.74, 6) is -1.05. The summed E-state index contributed by atoms with van der Waals surface area (Å²) in [6.45, 7) is 2.11. The molecule has 0 fully saturated rings. The molecule has 0 aliphatic carbocycles. The first-order chi connectivity index (χ1) is 9.33. The molecule has 8 nitrogen and oxygen atoms in total. The van der Waals surface area contributed by atoms with Crippen molar-refractivity contribution in [3.63, 3.8) is 0 Å². The number of aromatic nitrogens is 1. The Balaban J connectivity index is 2.46. The number of amides is 1. The molecule has 1 aromatic heterocycles. The molecule has 0 spiro atoms. The molecule has 0 saturated carbocycles. The van der Waals surface area contributed by atoms with E-state index in [1.807, 2.05) is 0 Å². The van der Waals surface area contributed by atoms with Gasteiger partial charge in [0.25, 0.3) is 5.91 Å². The quantitative estimate of drug-likeness (QED) is 0.521. The number of sulfonamides is 1. The zero-order valence-corrected chi connectivity index (χ0v) is 12.6. The van der Waals surface area contributed by atoms with Crippen LogP contribution in [0.25, 0.3) is 0 Å². The summed E-state index contributed by atoms with van der Waals surface area (Å²) in [5.41, 5.74) is 0.0948. The van der Waals surface area contributed by atoms with E-state index in [1.54, 1.807) is 6.92 Å². The summed E-state index contributed by atoms with van der Waals surface area (Å²) < 4.78 is 28.6. The summed E-state index contributed by atoms with van der Waals surface area (Å²) in [6.07, 6.45) is 1.03. The monoisotopic (exact) mass is 321 g/mol. The normalized spacial score (nSPS) is 11.1. The van der Waals surface area contributed by atoms with Gasteiger partial charge < -0.3 is 10.1 Å². The van der Waals surface area contributed by atoms with Crippen LogP contribution < -0.4 is 10.0 Å². The Bertz CT molecular complexity index is 581. The van der Waals surface area contributed by atoms with Crippen LogP contribution in [0.15, 0.2) is 5.38 Å². The Morgan fingerprint density at radius 2 is 2.10 bits per heavy atom. The summed E-state index contributed by atoms with van der Waals surface area (Å²) in [6, 6.07) is 0. The molecular formula is C10H15N3O5S2. The van der Waals surface area contributed by atoms with Crippen molar-refractivity contribution in [2.24, 2.45) is 0 Å². The highest BCUT2D eigenvalue weighted by Gasteiger charge is 2.15. The average Bonchev–Trinajstić information content (AvgIpc) is 2.83. The largest absolute Gasteiger partial charge is 0.461 e. The third-order valence-corrected chi connectivity index (χ3v) is 3.51. The van der Waals surface area contributed by atoms with Crippen molar-refractivity contribution < 1.29 is 22.7 Å². The molecule has 0 atom stereocenters. The maximum absolute atomic E-state index is 11.7. The predicted octanol–water partition coefficient (Wildman–Crippen LogP) is -0.401. The summed E-state index contributed by atoms with van der Waals surface area (Å²) in [5, 5.41) is 4.02. The standard InChI is InChI=1S/C10H15N3O5S2/c1-3-18-10(15)9-13-7(6-19-9)8(14)11-4-5-12-20(2,16)17/h6,12H,3-5H2,1-2H3,(H,11,14). The number of hydrogen-bond acceptors (Lipinski definition) is 7. The molecule has 0 unspecified atom stereocenters. The van der Waals surface area contributed by atoms with Crippen molar-refractivity contribution >= 4 is 33.2 Å². The van der Waals surface area contributed by atoms with E-state index in [0.29, 0.717) is 0 Å². The number of carbonyl (C=O) groups excluding carboxylic acids is 2. The number of carbonyl (C=O) groups is 2. The van der Waals surface area contributed by atoms with E-state index >= 15 is 0 Å². The van der Waals surface area contributed by atoms with Crippen LogP contribution in [0.2, 0.25) is 0 Å². The lowest BCUT2D eigenvalue weighted by Gasteiger charge is -2.03. The molecule has 10 heteroatoms. The fourth-order valence-electron chi connectivity index (χ4n) is 1.17. The van der Waals surface area contributed by atoms with E-state index in [-0.39, 0.29) is 30.4 Å². The molecule has 1 amide bonds. The first kappa shape index (κ1) is 16.5. The van der Waals surface area contributed by atoms with Crippen molar-refractivity contribution in [3.8, 4) is 0 Å². The number of rotatable bonds is 7. The highest BCUT2D eigenvalue weighted by atomic mass is 32.2. The molecular weight excluding hydrogens is 306 g/mol. The summed E-state index contributed by atoms with van der Waals surface area (Å²) in [4.78, 5) is 26.9. The van der Waals surface area contributed by atoms with Gasteiger partial charge in [0.1, 0.15) is 5.69 Å². The molecule has 0 bridgehead atoms. The van der Waals surface area contributed by atoms with E-state index in [1.165, 1.54) is 5.38 Å². The molecule has 0 aliphatic heterocycles. The van der Waals surface area contributed by atoms with Crippen LogP contribution in [-0.2, 0) is 14.8 Å². The summed E-state index contributed by atoms with van der Waals surface area (Å²) >= 11 is 1.01. The Labute approximate surface area is 120 Å². The van der Waals surface area contributed by atoms with Gasteiger partial charge in [0.05, 0.1) is 12.9 Å². The number of nitrogens with one attached hydrogen (secondary N) is 2. The molecule has 0 aromatic carbocycles. The molecule has 0 aliphatic rings. The van der Waals surface area contributed by atoms with E-state index in [0.717, 1.165) is 17.6 Å². The van der Waals surface area contributed by atoms with Crippen LogP contribution >= 0.6 is 11.3 Å². The van der Waals surface area contributed by atoms with Gasteiger partial charge in [0.15, 0.2) is 0 Å². The highest BCUT2D eigenvalue weighted by molar-refractivity contribution is 7.88. The number of nitrogens with zero attached hydrogens (tertiary/aromatic N) is 1. The lowest BCUT2D eigenvalue weighted by molar-refractivity contribution is 0.0526. The van der Waals surface area contributed by atoms with Gasteiger partial charge in [0, 0.05) is 18.5 Å². The average molecular weight is 321 g/mol. The SMILES string of the molecule is CCOC(=O)c1nc(C(=O)NCCNS(C)(=O)=O)cs1. The molecule has 0 radical (unpaired) electrons. The number of thiazole rings is 1. The lowest BCUT2D eigenvalue weighted by Crippen LogP contribution is -2.34. The number of esters is 1. The smallest absolute Gasteiger partial charge is 0.367 e. The number of hydrogen-bond donors (Lipinski definition) is 2. The fourth-order valence-corrected chi connectivity index (χ4v) is 2.33. The van der Waals surface area contributed by atoms with Gasteiger partial charge >= 0.3 is 5.97 Å². The first-order valence-corrected chi connectivity index (χ1v) is 8.46. The Kier molecular flexibility index (Phi) is 6.05. The van der Waals surface area contributed by atoms with Gasteiger partial charge in [-0.1, -0.05) is 0 Å². The van der Waals surface area contributed by atoms with Crippen LogP contribution in [0.3, 0.4) is 0 Å². The van der Waals surface area contributed by atoms with Crippen molar-refractivity contribution in [3.05, 3.63) is 16.1 Å². The Morgan fingerprint density at radius 3 is 2.70 bits per heavy atom. The lowest BCUT2D eigenvalue weighted by atomic mass is 10.4. The maximum atomic E-state index is 11.7.